The highest BCUT2D eigenvalue weighted by Crippen LogP contribution is 2.31. The predicted molar refractivity (Wildman–Crippen MR) is 79.1 cm³/mol. The molecule has 106 valence electrons. The van der Waals surface area contributed by atoms with E-state index in [0.29, 0.717) is 17.8 Å². The van der Waals surface area contributed by atoms with Crippen molar-refractivity contribution in [2.75, 3.05) is 12.3 Å². The summed E-state index contributed by atoms with van der Waals surface area (Å²) >= 11 is 0. The maximum Gasteiger partial charge on any atom is 0.123 e. The molecule has 2 atom stereocenters. The maximum atomic E-state index is 6.03. The van der Waals surface area contributed by atoms with E-state index in [4.69, 9.17) is 10.5 Å². The van der Waals surface area contributed by atoms with Crippen LogP contribution in [0.15, 0.2) is 12.1 Å². The first-order valence-corrected chi connectivity index (χ1v) is 7.53. The van der Waals surface area contributed by atoms with E-state index in [2.05, 4.69) is 24.9 Å². The molecular formula is C16H26N2O. The molecule has 0 radical (unpaired) electrons. The summed E-state index contributed by atoms with van der Waals surface area (Å²) in [4.78, 5) is 4.45. The summed E-state index contributed by atoms with van der Waals surface area (Å²) < 4.78 is 6.03. The molecule has 1 fully saturated rings. The topological polar surface area (TPSA) is 48.1 Å². The Morgan fingerprint density at radius 2 is 2.21 bits per heavy atom. The summed E-state index contributed by atoms with van der Waals surface area (Å²) in [6.07, 6.45) is 7.54. The monoisotopic (exact) mass is 262 g/mol. The van der Waals surface area contributed by atoms with E-state index in [1.54, 1.807) is 0 Å². The third kappa shape index (κ3) is 4.20. The standard InChI is InChI=1S/C16H26N2O/c1-3-4-8-19-15-7-5-6-13(15)11-14-9-12(2)10-16(17)18-14/h9-10,13,15H,3-8,11H2,1-2H3,(H2,17,18). The van der Waals surface area contributed by atoms with Crippen molar-refractivity contribution in [2.45, 2.75) is 58.5 Å². The Labute approximate surface area is 116 Å². The number of rotatable bonds is 6. The first kappa shape index (κ1) is 14.3. The lowest BCUT2D eigenvalue weighted by Gasteiger charge is -2.20. The lowest BCUT2D eigenvalue weighted by molar-refractivity contribution is 0.0261. The second-order valence-corrected chi connectivity index (χ2v) is 5.72. The zero-order valence-corrected chi connectivity index (χ0v) is 12.2. The Bertz CT molecular complexity index is 385. The molecule has 1 aliphatic carbocycles. The van der Waals surface area contributed by atoms with E-state index in [9.17, 15) is 0 Å². The number of nitrogen functional groups attached to an aromatic ring is 1. The maximum absolute atomic E-state index is 6.03. The molecule has 3 heteroatoms. The molecule has 2 N–H and O–H groups in total. The summed E-state index contributed by atoms with van der Waals surface area (Å²) in [6, 6.07) is 4.07. The van der Waals surface area contributed by atoms with E-state index in [0.717, 1.165) is 18.7 Å². The van der Waals surface area contributed by atoms with Gasteiger partial charge >= 0.3 is 0 Å². The van der Waals surface area contributed by atoms with Crippen LogP contribution in [0.1, 0.15) is 50.3 Å². The van der Waals surface area contributed by atoms with Crippen LogP contribution in [0.3, 0.4) is 0 Å². The largest absolute Gasteiger partial charge is 0.384 e. The molecule has 1 aromatic heterocycles. The summed E-state index contributed by atoms with van der Waals surface area (Å²) in [7, 11) is 0. The fourth-order valence-electron chi connectivity index (χ4n) is 2.98. The number of unbranched alkanes of at least 4 members (excludes halogenated alkanes) is 1. The molecule has 1 heterocycles. The number of aryl methyl sites for hydroxylation is 1. The molecule has 19 heavy (non-hydrogen) atoms. The van der Waals surface area contributed by atoms with Crippen molar-refractivity contribution >= 4 is 5.82 Å². The third-order valence-electron chi connectivity index (χ3n) is 3.93. The number of nitrogens with two attached hydrogens (primary N) is 1. The number of pyridine rings is 1. The fourth-order valence-corrected chi connectivity index (χ4v) is 2.98. The van der Waals surface area contributed by atoms with Gasteiger partial charge in [0.25, 0.3) is 0 Å². The Kier molecular flexibility index (Phi) is 5.20. The van der Waals surface area contributed by atoms with Crippen molar-refractivity contribution in [1.82, 2.24) is 4.98 Å². The van der Waals surface area contributed by atoms with Crippen LogP contribution in [0.5, 0.6) is 0 Å². The van der Waals surface area contributed by atoms with Crippen molar-refractivity contribution in [3.05, 3.63) is 23.4 Å². The smallest absolute Gasteiger partial charge is 0.123 e. The molecule has 2 unspecified atom stereocenters. The lowest BCUT2D eigenvalue weighted by atomic mass is 9.98. The molecule has 3 nitrogen and oxygen atoms in total. The molecule has 0 amide bonds. The van der Waals surface area contributed by atoms with Gasteiger partial charge in [-0.1, -0.05) is 19.8 Å². The average Bonchev–Trinajstić information content (AvgIpc) is 2.76. The summed E-state index contributed by atoms with van der Waals surface area (Å²) in [5.41, 5.74) is 8.14. The molecular weight excluding hydrogens is 236 g/mol. The van der Waals surface area contributed by atoms with E-state index < -0.39 is 0 Å². The second-order valence-electron chi connectivity index (χ2n) is 5.72. The number of ether oxygens (including phenoxy) is 1. The molecule has 1 aromatic rings. The second kappa shape index (κ2) is 6.90. The molecule has 1 aliphatic rings. The molecule has 0 aliphatic heterocycles. The van der Waals surface area contributed by atoms with E-state index in [1.807, 2.05) is 6.07 Å². The minimum atomic E-state index is 0.426. The van der Waals surface area contributed by atoms with Gasteiger partial charge in [0, 0.05) is 12.3 Å². The van der Waals surface area contributed by atoms with Crippen molar-refractivity contribution < 1.29 is 4.74 Å². The molecule has 0 saturated heterocycles. The van der Waals surface area contributed by atoms with Gasteiger partial charge in [0.2, 0.25) is 0 Å². The summed E-state index contributed by atoms with van der Waals surface area (Å²) in [6.45, 7) is 5.18. The van der Waals surface area contributed by atoms with E-state index in [-0.39, 0.29) is 0 Å². The van der Waals surface area contributed by atoms with Crippen molar-refractivity contribution in [3.63, 3.8) is 0 Å². The number of anilines is 1. The summed E-state index contributed by atoms with van der Waals surface area (Å²) in [5, 5.41) is 0. The van der Waals surface area contributed by atoms with Crippen LogP contribution in [-0.2, 0) is 11.2 Å². The van der Waals surface area contributed by atoms with Crippen molar-refractivity contribution in [1.29, 1.82) is 0 Å². The van der Waals surface area contributed by atoms with Crippen LogP contribution in [-0.4, -0.2) is 17.7 Å². The van der Waals surface area contributed by atoms with Gasteiger partial charge in [-0.25, -0.2) is 4.98 Å². The SMILES string of the molecule is CCCCOC1CCCC1Cc1cc(C)cc(N)n1. The van der Waals surface area contributed by atoms with E-state index in [1.165, 1.54) is 37.7 Å². The van der Waals surface area contributed by atoms with Gasteiger partial charge in [-0.15, -0.1) is 0 Å². The Morgan fingerprint density at radius 1 is 1.37 bits per heavy atom. The minimum Gasteiger partial charge on any atom is -0.384 e. The highest BCUT2D eigenvalue weighted by molar-refractivity contribution is 5.34. The van der Waals surface area contributed by atoms with Gasteiger partial charge in [-0.05, 0) is 56.2 Å². The predicted octanol–water partition coefficient (Wildman–Crippen LogP) is 3.50. The van der Waals surface area contributed by atoms with Gasteiger partial charge in [-0.3, -0.25) is 0 Å². The molecule has 0 spiro atoms. The minimum absolute atomic E-state index is 0.426. The van der Waals surface area contributed by atoms with Gasteiger partial charge in [0.05, 0.1) is 6.10 Å². The molecule has 0 aromatic carbocycles. The fraction of sp³-hybridized carbons (Fsp3) is 0.688. The van der Waals surface area contributed by atoms with Gasteiger partial charge < -0.3 is 10.5 Å². The highest BCUT2D eigenvalue weighted by atomic mass is 16.5. The molecule has 1 saturated carbocycles. The Balaban J connectivity index is 1.93. The van der Waals surface area contributed by atoms with Gasteiger partial charge in [-0.2, -0.15) is 0 Å². The lowest BCUT2D eigenvalue weighted by Crippen LogP contribution is -2.21. The van der Waals surface area contributed by atoms with Gasteiger partial charge in [0.15, 0.2) is 0 Å². The highest BCUT2D eigenvalue weighted by Gasteiger charge is 2.28. The average molecular weight is 262 g/mol. The number of hydrogen-bond donors (Lipinski definition) is 1. The number of nitrogens with zero attached hydrogens (tertiary/aromatic N) is 1. The van der Waals surface area contributed by atoms with Crippen molar-refractivity contribution in [3.8, 4) is 0 Å². The van der Waals surface area contributed by atoms with Crippen LogP contribution in [0.2, 0.25) is 0 Å². The zero-order valence-electron chi connectivity index (χ0n) is 12.2. The Hall–Kier alpha value is -1.09. The Morgan fingerprint density at radius 3 is 2.95 bits per heavy atom. The number of hydrogen-bond acceptors (Lipinski definition) is 3. The van der Waals surface area contributed by atoms with Crippen LogP contribution < -0.4 is 5.73 Å². The van der Waals surface area contributed by atoms with Crippen LogP contribution >= 0.6 is 0 Å². The molecule has 2 rings (SSSR count). The normalized spacial score (nSPS) is 22.8. The van der Waals surface area contributed by atoms with Crippen LogP contribution in [0.4, 0.5) is 5.82 Å². The van der Waals surface area contributed by atoms with Crippen LogP contribution in [0.25, 0.3) is 0 Å². The number of aromatic nitrogens is 1. The zero-order chi connectivity index (χ0) is 13.7. The molecule has 0 bridgehead atoms. The van der Waals surface area contributed by atoms with Crippen molar-refractivity contribution in [2.24, 2.45) is 5.92 Å². The third-order valence-corrected chi connectivity index (χ3v) is 3.93. The first-order valence-electron chi connectivity index (χ1n) is 7.53. The van der Waals surface area contributed by atoms with Gasteiger partial charge in [0.1, 0.15) is 5.82 Å². The first-order chi connectivity index (χ1) is 9.19. The van der Waals surface area contributed by atoms with E-state index >= 15 is 0 Å². The quantitative estimate of drug-likeness (QED) is 0.798. The van der Waals surface area contributed by atoms with Crippen LogP contribution in [0, 0.1) is 12.8 Å². The summed E-state index contributed by atoms with van der Waals surface area (Å²) in [5.74, 6) is 1.25.